The van der Waals surface area contributed by atoms with Crippen molar-refractivity contribution in [2.75, 3.05) is 13.6 Å². The van der Waals surface area contributed by atoms with Gasteiger partial charge in [-0.25, -0.2) is 9.78 Å². The fourth-order valence-corrected chi connectivity index (χ4v) is 6.90. The number of amides is 1. The summed E-state index contributed by atoms with van der Waals surface area (Å²) in [6, 6.07) is 6.13. The number of unbranched alkanes of at least 4 members (excludes halogenated alkanes) is 1. The molecular formula is C38H46CoN5O3-. The van der Waals surface area contributed by atoms with Crippen LogP contribution in [0, 0.1) is 20.8 Å². The molecule has 47 heavy (non-hydrogen) atoms. The van der Waals surface area contributed by atoms with Crippen molar-refractivity contribution < 1.29 is 31.5 Å². The molecule has 3 aromatic rings. The molecule has 8 nitrogen and oxygen atoms in total. The first-order valence-corrected chi connectivity index (χ1v) is 16.3. The van der Waals surface area contributed by atoms with Crippen LogP contribution in [0.5, 0.6) is 0 Å². The van der Waals surface area contributed by atoms with Gasteiger partial charge in [0.25, 0.3) is 0 Å². The average Bonchev–Trinajstić information content (AvgIpc) is 3.71. The largest absolute Gasteiger partial charge is 0.478 e. The summed E-state index contributed by atoms with van der Waals surface area (Å²) in [6.45, 7) is 21.3. The Balaban J connectivity index is 0.00000500. The van der Waals surface area contributed by atoms with Crippen molar-refractivity contribution in [3.05, 3.63) is 82.3 Å². The van der Waals surface area contributed by atoms with Crippen LogP contribution in [-0.4, -0.2) is 55.4 Å². The summed E-state index contributed by atoms with van der Waals surface area (Å²) in [5.41, 5.74) is 11.7. The Morgan fingerprint density at radius 3 is 2.32 bits per heavy atom. The Morgan fingerprint density at radius 2 is 1.70 bits per heavy atom. The molecule has 8 bridgehead atoms. The van der Waals surface area contributed by atoms with E-state index in [-0.39, 0.29) is 46.5 Å². The number of likely N-dealkylation sites (N-methyl/N-ethyl adjacent to an activating group) is 1. The molecule has 3 N–H and O–H groups in total. The van der Waals surface area contributed by atoms with E-state index in [4.69, 9.17) is 9.97 Å². The van der Waals surface area contributed by atoms with Gasteiger partial charge in [0.1, 0.15) is 0 Å². The Hall–Kier alpha value is -3.95. The van der Waals surface area contributed by atoms with Crippen molar-refractivity contribution in [3.8, 4) is 0 Å². The van der Waals surface area contributed by atoms with Crippen LogP contribution in [0.4, 0.5) is 0 Å². The van der Waals surface area contributed by atoms with Gasteiger partial charge in [-0.15, -0.1) is 0 Å². The number of fused-ring (bicyclic) bond motifs is 8. The number of carboxylic acid groups (broad SMARTS) is 1. The maximum atomic E-state index is 13.7. The van der Waals surface area contributed by atoms with Crippen LogP contribution in [0.25, 0.3) is 39.3 Å². The summed E-state index contributed by atoms with van der Waals surface area (Å²) < 4.78 is 0. The Bertz CT molecular complexity index is 1930. The number of carbonyl (C=O) groups is 2. The van der Waals surface area contributed by atoms with Crippen molar-refractivity contribution in [1.29, 1.82) is 0 Å². The molecule has 5 rings (SSSR count). The van der Waals surface area contributed by atoms with E-state index in [2.05, 4.69) is 70.2 Å². The number of allylic oxidation sites excluding steroid dienone is 1. The van der Waals surface area contributed by atoms with Gasteiger partial charge in [0.15, 0.2) is 0 Å². The average molecular weight is 680 g/mol. The van der Waals surface area contributed by atoms with Crippen LogP contribution in [0.1, 0.15) is 109 Å². The number of aryl methyl sites for hydroxylation is 3. The summed E-state index contributed by atoms with van der Waals surface area (Å²) >= 11 is 0. The summed E-state index contributed by atoms with van der Waals surface area (Å²) in [5, 5.41) is 10.6. The van der Waals surface area contributed by atoms with E-state index in [0.717, 1.165) is 69.3 Å². The fraction of sp³-hybridized carbons (Fsp3) is 0.395. The fourth-order valence-electron chi connectivity index (χ4n) is 6.90. The standard InChI is InChI=1S/C38H46N5O3.Co/c1-10-14-15-43(9)34(44)16-27-36-26(13-4)22(7)30(41-36)17-28-20(5)24(11-2)32(39-28)18-29-21(6)25(12-3)33(40-29)19-31-23(8)35(38(45)46)37(27)42-31;/h11,17-19,22,26,39-40H,2,4,10,12-16H2,1,3,5-9H3,(H,45,46);/q-1;/t22-,26-;/m0./s1. The molecule has 251 valence electrons. The monoisotopic (exact) mass is 679 g/mol. The van der Waals surface area contributed by atoms with Gasteiger partial charge >= 0.3 is 5.97 Å². The smallest absolute Gasteiger partial charge is 0.338 e. The zero-order valence-electron chi connectivity index (χ0n) is 28.6. The van der Waals surface area contributed by atoms with Gasteiger partial charge in [0.05, 0.1) is 23.4 Å². The number of carbonyl (C=O) groups excluding carboxylic acids is 1. The minimum absolute atomic E-state index is 0. The number of carboxylic acids is 1. The molecule has 3 aromatic heterocycles. The molecule has 0 fully saturated rings. The Morgan fingerprint density at radius 1 is 1.02 bits per heavy atom. The third-order valence-corrected chi connectivity index (χ3v) is 9.86. The predicted molar refractivity (Wildman–Crippen MR) is 187 cm³/mol. The number of hydrogen-bond donors (Lipinski definition) is 3. The third-order valence-electron chi connectivity index (χ3n) is 9.86. The summed E-state index contributed by atoms with van der Waals surface area (Å²) in [4.78, 5) is 45.8. The quantitative estimate of drug-likeness (QED) is 0.198. The summed E-state index contributed by atoms with van der Waals surface area (Å²) in [6.07, 6.45) is 5.05. The van der Waals surface area contributed by atoms with Gasteiger partial charge in [0.2, 0.25) is 5.91 Å². The molecule has 2 aliphatic heterocycles. The number of aromatic nitrogens is 4. The SMILES string of the molecule is C=Cc1c(C)c2cc3nc(c(CC(=O)N(C)CCCC)c4nc(cc5[nH]c(cc1[nH]2)c(C)c5CC)C(C)=C4C(=O)O)[C@@H](C[CH2-])[C@@H]3C.[Co]. The van der Waals surface area contributed by atoms with Gasteiger partial charge in [-0.2, -0.15) is 6.42 Å². The summed E-state index contributed by atoms with van der Waals surface area (Å²) in [7, 11) is 1.80. The minimum atomic E-state index is -1.07. The Kier molecular flexibility index (Phi) is 11.0. The van der Waals surface area contributed by atoms with E-state index in [1.807, 2.05) is 12.1 Å². The predicted octanol–water partition coefficient (Wildman–Crippen LogP) is 8.06. The molecule has 2 atom stereocenters. The number of hydrogen-bond acceptors (Lipinski definition) is 4. The zero-order chi connectivity index (χ0) is 33.4. The van der Waals surface area contributed by atoms with Gasteiger partial charge in [-0.05, 0) is 80.0 Å². The second-order valence-electron chi connectivity index (χ2n) is 12.6. The van der Waals surface area contributed by atoms with Gasteiger partial charge < -0.3 is 26.9 Å². The minimum Gasteiger partial charge on any atom is -0.478 e. The van der Waals surface area contributed by atoms with E-state index < -0.39 is 5.97 Å². The maximum absolute atomic E-state index is 13.7. The number of aliphatic carboxylic acids is 1. The number of rotatable bonds is 9. The van der Waals surface area contributed by atoms with Crippen LogP contribution in [-0.2, 0) is 39.2 Å². The molecular weight excluding hydrogens is 633 g/mol. The molecule has 0 saturated heterocycles. The van der Waals surface area contributed by atoms with Crippen LogP contribution in [0.15, 0.2) is 24.8 Å². The maximum Gasteiger partial charge on any atom is 0.338 e. The molecule has 0 saturated carbocycles. The molecule has 0 spiro atoms. The first kappa shape index (κ1) is 35.9. The molecule has 0 aromatic carbocycles. The third kappa shape index (κ3) is 6.48. The van der Waals surface area contributed by atoms with Gasteiger partial charge in [0, 0.05) is 80.9 Å². The molecule has 0 aliphatic carbocycles. The van der Waals surface area contributed by atoms with Crippen molar-refractivity contribution >= 4 is 51.2 Å². The van der Waals surface area contributed by atoms with Crippen LogP contribution in [0.2, 0.25) is 0 Å². The van der Waals surface area contributed by atoms with E-state index in [9.17, 15) is 14.7 Å². The zero-order valence-corrected chi connectivity index (χ0v) is 29.6. The van der Waals surface area contributed by atoms with Crippen LogP contribution in [0.3, 0.4) is 0 Å². The molecule has 5 heterocycles. The number of aromatic amines is 2. The molecule has 9 heteroatoms. The topological polar surface area (TPSA) is 115 Å². The van der Waals surface area contributed by atoms with Crippen LogP contribution >= 0.6 is 0 Å². The van der Waals surface area contributed by atoms with E-state index in [1.54, 1.807) is 18.9 Å². The number of H-pyrrole nitrogens is 2. The van der Waals surface area contributed by atoms with E-state index in [0.29, 0.717) is 41.2 Å². The van der Waals surface area contributed by atoms with Crippen molar-refractivity contribution in [1.82, 2.24) is 24.8 Å². The van der Waals surface area contributed by atoms with Crippen LogP contribution < -0.4 is 0 Å². The first-order valence-electron chi connectivity index (χ1n) is 16.3. The van der Waals surface area contributed by atoms with Crippen molar-refractivity contribution in [3.63, 3.8) is 0 Å². The normalized spacial score (nSPS) is 15.8. The van der Waals surface area contributed by atoms with Gasteiger partial charge in [-0.3, -0.25) is 9.78 Å². The number of nitrogens with zero attached hydrogens (tertiary/aromatic N) is 3. The van der Waals surface area contributed by atoms with Gasteiger partial charge in [-0.1, -0.05) is 39.8 Å². The molecule has 1 radical (unpaired) electrons. The number of nitrogens with one attached hydrogen (secondary N) is 2. The molecule has 1 amide bonds. The second kappa shape index (κ2) is 14.4. The van der Waals surface area contributed by atoms with E-state index >= 15 is 0 Å². The van der Waals surface area contributed by atoms with Crippen molar-refractivity contribution in [2.45, 2.75) is 85.5 Å². The molecule has 0 unspecified atom stereocenters. The second-order valence-corrected chi connectivity index (χ2v) is 12.6. The molecule has 2 aliphatic rings. The van der Waals surface area contributed by atoms with Crippen molar-refractivity contribution in [2.24, 2.45) is 0 Å². The first-order chi connectivity index (χ1) is 21.9. The summed E-state index contributed by atoms with van der Waals surface area (Å²) in [5.74, 6) is -1.29. The van der Waals surface area contributed by atoms with E-state index in [1.165, 1.54) is 0 Å². The Labute approximate surface area is 288 Å².